The standard InChI is InChI=1S/C15H20N4/c1-5-13(18(3)4)15-17-12-10-11(2)6-7-14(12)19(15)9-8-16/h6-7,10,13H,5,9H2,1-4H3. The largest absolute Gasteiger partial charge is 0.313 e. The number of hydrogen-bond donors (Lipinski definition) is 0. The topological polar surface area (TPSA) is 44.9 Å². The molecule has 0 aliphatic carbocycles. The second-order valence-corrected chi connectivity index (χ2v) is 5.09. The second kappa shape index (κ2) is 5.41. The van der Waals surface area contributed by atoms with Gasteiger partial charge in [0, 0.05) is 0 Å². The van der Waals surface area contributed by atoms with Crippen LogP contribution in [0.4, 0.5) is 0 Å². The lowest BCUT2D eigenvalue weighted by molar-refractivity contribution is 0.275. The van der Waals surface area contributed by atoms with Crippen molar-refractivity contribution in [1.29, 1.82) is 5.26 Å². The number of benzene rings is 1. The van der Waals surface area contributed by atoms with Crippen LogP contribution in [-0.4, -0.2) is 28.5 Å². The van der Waals surface area contributed by atoms with Crippen LogP contribution >= 0.6 is 0 Å². The summed E-state index contributed by atoms with van der Waals surface area (Å²) in [6.45, 7) is 4.55. The van der Waals surface area contributed by atoms with Crippen LogP contribution in [0, 0.1) is 18.3 Å². The van der Waals surface area contributed by atoms with Crippen molar-refractivity contribution in [2.24, 2.45) is 0 Å². The van der Waals surface area contributed by atoms with Crippen LogP contribution in [0.5, 0.6) is 0 Å². The highest BCUT2D eigenvalue weighted by Crippen LogP contribution is 2.26. The molecule has 1 aromatic carbocycles. The Bertz CT molecular complexity index is 619. The predicted molar refractivity (Wildman–Crippen MR) is 76.8 cm³/mol. The molecule has 2 aromatic rings. The molecule has 0 fully saturated rings. The summed E-state index contributed by atoms with van der Waals surface area (Å²) >= 11 is 0. The minimum Gasteiger partial charge on any atom is -0.313 e. The molecular formula is C15H20N4. The summed E-state index contributed by atoms with van der Waals surface area (Å²) in [6.07, 6.45) is 0.973. The lowest BCUT2D eigenvalue weighted by Gasteiger charge is -2.22. The molecule has 1 atom stereocenters. The van der Waals surface area contributed by atoms with Crippen molar-refractivity contribution < 1.29 is 0 Å². The maximum absolute atomic E-state index is 9.06. The lowest BCUT2D eigenvalue weighted by Crippen LogP contribution is -2.23. The molecule has 1 aromatic heterocycles. The molecule has 0 amide bonds. The molecule has 0 N–H and O–H groups in total. The van der Waals surface area contributed by atoms with Gasteiger partial charge in [0.1, 0.15) is 12.4 Å². The van der Waals surface area contributed by atoms with Crippen molar-refractivity contribution in [1.82, 2.24) is 14.5 Å². The quantitative estimate of drug-likeness (QED) is 0.845. The molecule has 1 unspecified atom stereocenters. The van der Waals surface area contributed by atoms with E-state index in [1.807, 2.05) is 4.57 Å². The SMILES string of the molecule is CCC(c1nc2cc(C)ccc2n1CC#N)N(C)C. The molecule has 1 heterocycles. The Labute approximate surface area is 114 Å². The van der Waals surface area contributed by atoms with Crippen molar-refractivity contribution in [3.63, 3.8) is 0 Å². The third kappa shape index (κ3) is 2.47. The number of aryl methyl sites for hydroxylation is 1. The molecule has 0 radical (unpaired) electrons. The Hall–Kier alpha value is -1.86. The Morgan fingerprint density at radius 2 is 2.16 bits per heavy atom. The highest BCUT2D eigenvalue weighted by atomic mass is 15.2. The number of aromatic nitrogens is 2. The monoisotopic (exact) mass is 256 g/mol. The van der Waals surface area contributed by atoms with Gasteiger partial charge in [-0.05, 0) is 45.1 Å². The van der Waals surface area contributed by atoms with Crippen LogP contribution in [0.15, 0.2) is 18.2 Å². The van der Waals surface area contributed by atoms with Crippen LogP contribution in [0.2, 0.25) is 0 Å². The number of hydrogen-bond acceptors (Lipinski definition) is 3. The van der Waals surface area contributed by atoms with Crippen LogP contribution < -0.4 is 0 Å². The molecule has 4 heteroatoms. The maximum Gasteiger partial charge on any atom is 0.128 e. The molecule has 0 saturated carbocycles. The lowest BCUT2D eigenvalue weighted by atomic mass is 10.2. The van der Waals surface area contributed by atoms with E-state index >= 15 is 0 Å². The van der Waals surface area contributed by atoms with Gasteiger partial charge in [-0.15, -0.1) is 0 Å². The van der Waals surface area contributed by atoms with Gasteiger partial charge >= 0.3 is 0 Å². The van der Waals surface area contributed by atoms with Crippen LogP contribution in [0.25, 0.3) is 11.0 Å². The van der Waals surface area contributed by atoms with E-state index in [0.29, 0.717) is 6.54 Å². The third-order valence-corrected chi connectivity index (χ3v) is 3.47. The van der Waals surface area contributed by atoms with Gasteiger partial charge in [0.25, 0.3) is 0 Å². The third-order valence-electron chi connectivity index (χ3n) is 3.47. The van der Waals surface area contributed by atoms with E-state index in [1.165, 1.54) is 5.56 Å². The van der Waals surface area contributed by atoms with Crippen molar-refractivity contribution in [3.05, 3.63) is 29.6 Å². The fraction of sp³-hybridized carbons (Fsp3) is 0.467. The predicted octanol–water partition coefficient (Wildman–Crippen LogP) is 2.88. The summed E-state index contributed by atoms with van der Waals surface area (Å²) in [5.41, 5.74) is 3.21. The minimum atomic E-state index is 0.237. The summed E-state index contributed by atoms with van der Waals surface area (Å²) in [5, 5.41) is 9.06. The van der Waals surface area contributed by atoms with Gasteiger partial charge < -0.3 is 4.57 Å². The summed E-state index contributed by atoms with van der Waals surface area (Å²) in [6, 6.07) is 8.68. The van der Waals surface area contributed by atoms with E-state index in [-0.39, 0.29) is 6.04 Å². The zero-order chi connectivity index (χ0) is 14.0. The number of nitriles is 1. The van der Waals surface area contributed by atoms with E-state index in [9.17, 15) is 0 Å². The fourth-order valence-electron chi connectivity index (χ4n) is 2.53. The zero-order valence-corrected chi connectivity index (χ0v) is 12.0. The van der Waals surface area contributed by atoms with Gasteiger partial charge in [0.05, 0.1) is 23.1 Å². The molecule has 100 valence electrons. The minimum absolute atomic E-state index is 0.237. The van der Waals surface area contributed by atoms with Crippen LogP contribution in [0.3, 0.4) is 0 Å². The zero-order valence-electron chi connectivity index (χ0n) is 12.0. The first-order chi connectivity index (χ1) is 9.08. The second-order valence-electron chi connectivity index (χ2n) is 5.09. The van der Waals surface area contributed by atoms with Crippen molar-refractivity contribution in [2.75, 3.05) is 14.1 Å². The average Bonchev–Trinajstić information content (AvgIpc) is 2.68. The summed E-state index contributed by atoms with van der Waals surface area (Å²) in [4.78, 5) is 6.91. The number of fused-ring (bicyclic) bond motifs is 1. The Balaban J connectivity index is 2.65. The van der Waals surface area contributed by atoms with E-state index in [2.05, 4.69) is 57.1 Å². The fourth-order valence-corrected chi connectivity index (χ4v) is 2.53. The highest BCUT2D eigenvalue weighted by molar-refractivity contribution is 5.77. The van der Waals surface area contributed by atoms with Crippen molar-refractivity contribution in [2.45, 2.75) is 32.9 Å². The first-order valence-electron chi connectivity index (χ1n) is 6.58. The molecule has 4 nitrogen and oxygen atoms in total. The van der Waals surface area contributed by atoms with E-state index in [0.717, 1.165) is 23.3 Å². The molecule has 0 saturated heterocycles. The van der Waals surface area contributed by atoms with Gasteiger partial charge in [-0.2, -0.15) is 5.26 Å². The van der Waals surface area contributed by atoms with E-state index in [1.54, 1.807) is 0 Å². The summed E-state index contributed by atoms with van der Waals surface area (Å²) in [5.74, 6) is 0.981. The Morgan fingerprint density at radius 1 is 1.42 bits per heavy atom. The number of imidazole rings is 1. The molecular weight excluding hydrogens is 236 g/mol. The number of rotatable bonds is 4. The summed E-state index contributed by atoms with van der Waals surface area (Å²) < 4.78 is 2.03. The van der Waals surface area contributed by atoms with Crippen molar-refractivity contribution in [3.8, 4) is 6.07 Å². The molecule has 0 spiro atoms. The highest BCUT2D eigenvalue weighted by Gasteiger charge is 2.20. The average molecular weight is 256 g/mol. The molecule has 0 bridgehead atoms. The Kier molecular flexibility index (Phi) is 3.87. The van der Waals surface area contributed by atoms with Crippen molar-refractivity contribution >= 4 is 11.0 Å². The smallest absolute Gasteiger partial charge is 0.128 e. The maximum atomic E-state index is 9.06. The van der Waals surface area contributed by atoms with Gasteiger partial charge in [0.15, 0.2) is 0 Å². The molecule has 19 heavy (non-hydrogen) atoms. The van der Waals surface area contributed by atoms with Crippen LogP contribution in [0.1, 0.15) is 30.8 Å². The van der Waals surface area contributed by atoms with Crippen LogP contribution in [-0.2, 0) is 6.54 Å². The molecule has 0 aliphatic heterocycles. The van der Waals surface area contributed by atoms with Gasteiger partial charge in [0.2, 0.25) is 0 Å². The number of nitrogens with zero attached hydrogens (tertiary/aromatic N) is 4. The van der Waals surface area contributed by atoms with Gasteiger partial charge in [-0.3, -0.25) is 4.90 Å². The van der Waals surface area contributed by atoms with E-state index < -0.39 is 0 Å². The summed E-state index contributed by atoms with van der Waals surface area (Å²) in [7, 11) is 4.10. The molecule has 2 rings (SSSR count). The first-order valence-corrected chi connectivity index (χ1v) is 6.58. The Morgan fingerprint density at radius 3 is 2.74 bits per heavy atom. The van der Waals surface area contributed by atoms with Gasteiger partial charge in [-0.1, -0.05) is 13.0 Å². The van der Waals surface area contributed by atoms with E-state index in [4.69, 9.17) is 10.2 Å². The normalized spacial score (nSPS) is 12.8. The molecule has 0 aliphatic rings. The first kappa shape index (κ1) is 13.6. The van der Waals surface area contributed by atoms with Gasteiger partial charge in [-0.25, -0.2) is 4.98 Å².